The number of halogens is 4. The van der Waals surface area contributed by atoms with E-state index in [9.17, 15) is 31.2 Å². The third-order valence-corrected chi connectivity index (χ3v) is 5.83. The van der Waals surface area contributed by atoms with Crippen LogP contribution in [0.5, 0.6) is 0 Å². The average Bonchev–Trinajstić information content (AvgIpc) is 3.02. The molecule has 5 atom stereocenters. The SMILES string of the molecule is CC(C)(Br)C(=O)OC1CC2CC(C(=O)OC(CS(=O)(=O)O)C(F)(F)F)C1C2. The number of ether oxygens (including phenoxy) is 2. The van der Waals surface area contributed by atoms with Gasteiger partial charge in [0.2, 0.25) is 6.10 Å². The molecule has 0 radical (unpaired) electrons. The summed E-state index contributed by atoms with van der Waals surface area (Å²) < 4.78 is 77.9. The Bertz CT molecular complexity index is 701. The van der Waals surface area contributed by atoms with Crippen molar-refractivity contribution in [3.63, 3.8) is 0 Å². The van der Waals surface area contributed by atoms with Gasteiger partial charge >= 0.3 is 18.1 Å². The fourth-order valence-corrected chi connectivity index (χ4v) is 4.32. The van der Waals surface area contributed by atoms with Crippen LogP contribution in [0.15, 0.2) is 0 Å². The van der Waals surface area contributed by atoms with Crippen LogP contribution < -0.4 is 0 Å². The van der Waals surface area contributed by atoms with Gasteiger partial charge in [0.1, 0.15) is 16.2 Å². The van der Waals surface area contributed by atoms with Crippen molar-refractivity contribution in [3.05, 3.63) is 0 Å². The van der Waals surface area contributed by atoms with Crippen molar-refractivity contribution in [1.29, 1.82) is 0 Å². The van der Waals surface area contributed by atoms with Gasteiger partial charge in [-0.3, -0.25) is 14.1 Å². The molecule has 2 fully saturated rings. The molecule has 1 N–H and O–H groups in total. The molecular formula is C15H20BrF3O7S. The first-order chi connectivity index (χ1) is 12.1. The summed E-state index contributed by atoms with van der Waals surface area (Å²) in [6.45, 7) is 3.16. The molecule has 2 aliphatic rings. The number of carbonyl (C=O) groups excluding carboxylic acids is 2. The van der Waals surface area contributed by atoms with Crippen LogP contribution in [0, 0.1) is 17.8 Å². The summed E-state index contributed by atoms with van der Waals surface area (Å²) in [6.07, 6.45) is -7.41. The molecule has 0 spiro atoms. The summed E-state index contributed by atoms with van der Waals surface area (Å²) in [5.41, 5.74) is 0. The summed E-state index contributed by atoms with van der Waals surface area (Å²) in [6, 6.07) is 0. The number of hydrogen-bond donors (Lipinski definition) is 1. The topological polar surface area (TPSA) is 107 Å². The second-order valence-electron chi connectivity index (χ2n) is 7.48. The minimum atomic E-state index is -5.14. The Morgan fingerprint density at radius 1 is 1.22 bits per heavy atom. The van der Waals surface area contributed by atoms with Crippen LogP contribution in [0.3, 0.4) is 0 Å². The number of fused-ring (bicyclic) bond motifs is 2. The van der Waals surface area contributed by atoms with E-state index in [1.807, 2.05) is 0 Å². The minimum Gasteiger partial charge on any atom is -0.461 e. The van der Waals surface area contributed by atoms with Crippen molar-refractivity contribution in [2.24, 2.45) is 17.8 Å². The predicted molar refractivity (Wildman–Crippen MR) is 89.6 cm³/mol. The molecule has 27 heavy (non-hydrogen) atoms. The van der Waals surface area contributed by atoms with Crippen LogP contribution in [0.1, 0.15) is 33.1 Å². The zero-order valence-corrected chi connectivity index (χ0v) is 16.9. The van der Waals surface area contributed by atoms with Crippen molar-refractivity contribution in [2.45, 2.75) is 55.8 Å². The molecule has 0 heterocycles. The van der Waals surface area contributed by atoms with Gasteiger partial charge in [-0.15, -0.1) is 0 Å². The van der Waals surface area contributed by atoms with Crippen LogP contribution in [0.25, 0.3) is 0 Å². The third-order valence-electron chi connectivity index (χ3n) is 4.78. The summed E-state index contributed by atoms with van der Waals surface area (Å²) in [7, 11) is -5.00. The maximum absolute atomic E-state index is 12.9. The van der Waals surface area contributed by atoms with E-state index in [0.717, 1.165) is 0 Å². The Kier molecular flexibility index (Phi) is 6.23. The largest absolute Gasteiger partial charge is 0.461 e. The molecule has 0 amide bonds. The second-order valence-corrected chi connectivity index (χ2v) is 11.0. The van der Waals surface area contributed by atoms with Gasteiger partial charge in [0, 0.05) is 5.92 Å². The first-order valence-corrected chi connectivity index (χ1v) is 10.6. The van der Waals surface area contributed by atoms with Gasteiger partial charge in [-0.1, -0.05) is 15.9 Å². The molecule has 2 bridgehead atoms. The smallest absolute Gasteiger partial charge is 0.426 e. The summed E-state index contributed by atoms with van der Waals surface area (Å²) in [5.74, 6) is -4.92. The van der Waals surface area contributed by atoms with Crippen molar-refractivity contribution < 1.29 is 45.2 Å². The van der Waals surface area contributed by atoms with Gasteiger partial charge in [-0.25, -0.2) is 0 Å². The molecule has 5 unspecified atom stereocenters. The Morgan fingerprint density at radius 3 is 2.26 bits per heavy atom. The van der Waals surface area contributed by atoms with E-state index in [-0.39, 0.29) is 12.3 Å². The van der Waals surface area contributed by atoms with E-state index in [4.69, 9.17) is 9.29 Å². The highest BCUT2D eigenvalue weighted by Gasteiger charge is 2.54. The zero-order valence-electron chi connectivity index (χ0n) is 14.5. The molecule has 0 aromatic heterocycles. The number of rotatable bonds is 6. The fraction of sp³-hybridized carbons (Fsp3) is 0.867. The number of carbonyl (C=O) groups is 2. The highest BCUT2D eigenvalue weighted by molar-refractivity contribution is 9.10. The summed E-state index contributed by atoms with van der Waals surface area (Å²) >= 11 is 3.16. The summed E-state index contributed by atoms with van der Waals surface area (Å²) in [5, 5.41) is 0. The molecule has 2 saturated carbocycles. The molecule has 0 aliphatic heterocycles. The molecule has 0 aromatic rings. The van der Waals surface area contributed by atoms with Crippen molar-refractivity contribution in [1.82, 2.24) is 0 Å². The Balaban J connectivity index is 2.07. The molecular weight excluding hydrogens is 461 g/mol. The highest BCUT2D eigenvalue weighted by Crippen LogP contribution is 2.50. The molecule has 12 heteroatoms. The van der Waals surface area contributed by atoms with E-state index in [2.05, 4.69) is 20.7 Å². The number of alkyl halides is 4. The van der Waals surface area contributed by atoms with Gasteiger partial charge < -0.3 is 9.47 Å². The number of hydrogen-bond acceptors (Lipinski definition) is 6. The lowest BCUT2D eigenvalue weighted by Gasteiger charge is -2.30. The van der Waals surface area contributed by atoms with Crippen LogP contribution in [-0.2, 0) is 29.2 Å². The first-order valence-electron chi connectivity index (χ1n) is 8.20. The zero-order chi connectivity index (χ0) is 20.8. The van der Waals surface area contributed by atoms with Crippen LogP contribution in [0.4, 0.5) is 13.2 Å². The lowest BCUT2D eigenvalue weighted by atomic mass is 9.86. The molecule has 2 rings (SSSR count). The molecule has 156 valence electrons. The Hall–Kier alpha value is -0.880. The Morgan fingerprint density at radius 2 is 1.81 bits per heavy atom. The van der Waals surface area contributed by atoms with Crippen LogP contribution in [-0.4, -0.2) is 53.4 Å². The maximum atomic E-state index is 12.9. The van der Waals surface area contributed by atoms with E-state index >= 15 is 0 Å². The van der Waals surface area contributed by atoms with Crippen LogP contribution >= 0.6 is 15.9 Å². The normalized spacial score (nSPS) is 29.4. The average molecular weight is 481 g/mol. The first kappa shape index (κ1) is 22.4. The van der Waals surface area contributed by atoms with Crippen LogP contribution in [0.2, 0.25) is 0 Å². The van der Waals surface area contributed by atoms with Crippen molar-refractivity contribution >= 4 is 38.0 Å². The van der Waals surface area contributed by atoms with E-state index in [1.165, 1.54) is 0 Å². The minimum absolute atomic E-state index is 0.00898. The molecule has 7 nitrogen and oxygen atoms in total. The summed E-state index contributed by atoms with van der Waals surface area (Å²) in [4.78, 5) is 24.3. The molecule has 0 saturated heterocycles. The predicted octanol–water partition coefficient (Wildman–Crippen LogP) is 2.48. The van der Waals surface area contributed by atoms with E-state index in [0.29, 0.717) is 12.8 Å². The lowest BCUT2D eigenvalue weighted by Crippen LogP contribution is -2.43. The fourth-order valence-electron chi connectivity index (χ4n) is 3.58. The maximum Gasteiger partial charge on any atom is 0.426 e. The van der Waals surface area contributed by atoms with E-state index in [1.54, 1.807) is 13.8 Å². The monoisotopic (exact) mass is 480 g/mol. The molecule has 2 aliphatic carbocycles. The highest BCUT2D eigenvalue weighted by atomic mass is 79.9. The van der Waals surface area contributed by atoms with Gasteiger partial charge in [-0.2, -0.15) is 21.6 Å². The van der Waals surface area contributed by atoms with Gasteiger partial charge in [0.05, 0.1) is 5.92 Å². The second kappa shape index (κ2) is 7.51. The number of esters is 2. The van der Waals surface area contributed by atoms with Crippen molar-refractivity contribution in [3.8, 4) is 0 Å². The molecule has 0 aromatic carbocycles. The Labute approximate surface area is 162 Å². The van der Waals surface area contributed by atoms with Gasteiger partial charge in [0.25, 0.3) is 10.1 Å². The standard InChI is InChI=1S/C15H20BrF3O7S/c1-14(2,16)13(21)25-10-5-7-3-8(10)9(4-7)12(20)26-11(15(17,18)19)6-27(22,23)24/h7-11H,3-6H2,1-2H3,(H,22,23,24). The third kappa shape index (κ3) is 5.80. The van der Waals surface area contributed by atoms with Gasteiger partial charge in [0.15, 0.2) is 0 Å². The quantitative estimate of drug-likeness (QED) is 0.353. The van der Waals surface area contributed by atoms with Crippen molar-refractivity contribution in [2.75, 3.05) is 5.75 Å². The van der Waals surface area contributed by atoms with E-state index < -0.39 is 62.4 Å². The van der Waals surface area contributed by atoms with Gasteiger partial charge in [-0.05, 0) is 39.0 Å². The lowest BCUT2D eigenvalue weighted by molar-refractivity contribution is -0.219.